The normalized spacial score (nSPS) is 14.2. The Labute approximate surface area is 144 Å². The van der Waals surface area contributed by atoms with Crippen LogP contribution in [0.2, 0.25) is 0 Å². The molecule has 1 fully saturated rings. The van der Waals surface area contributed by atoms with E-state index in [-0.39, 0.29) is 5.69 Å². The fraction of sp³-hybridized carbons (Fsp3) is 0.263. The van der Waals surface area contributed by atoms with Gasteiger partial charge in [-0.1, -0.05) is 24.3 Å². The number of halogens is 2. The maximum Gasteiger partial charge on any atom is 0.331 e. The summed E-state index contributed by atoms with van der Waals surface area (Å²) in [6.07, 6.45) is 2.71. The van der Waals surface area contributed by atoms with Crippen molar-refractivity contribution in [3.63, 3.8) is 0 Å². The van der Waals surface area contributed by atoms with Gasteiger partial charge in [0.25, 0.3) is 5.91 Å². The number of urea groups is 1. The second kappa shape index (κ2) is 7.42. The number of hydrogen-bond acceptors (Lipinski definition) is 2. The smallest absolute Gasteiger partial charge is 0.324 e. The largest absolute Gasteiger partial charge is 0.331 e. The standard InChI is InChI=1S/C19H18F2N2O2/c20-15-10-7-11-16(21)17(15)18(24)23(14-8-3-1-4-9-14)19(25)22-12-5-2-6-13-22/h1,3-4,7-11H,2,5-6,12-13H2. The molecule has 1 saturated heterocycles. The molecule has 0 saturated carbocycles. The van der Waals surface area contributed by atoms with Crippen LogP contribution in [0.4, 0.5) is 19.3 Å². The molecule has 3 amide bonds. The van der Waals surface area contributed by atoms with Gasteiger partial charge in [-0.15, -0.1) is 0 Å². The molecular formula is C19H18F2N2O2. The van der Waals surface area contributed by atoms with Crippen LogP contribution in [0.3, 0.4) is 0 Å². The number of hydrogen-bond donors (Lipinski definition) is 0. The van der Waals surface area contributed by atoms with E-state index in [0.29, 0.717) is 13.1 Å². The summed E-state index contributed by atoms with van der Waals surface area (Å²) in [7, 11) is 0. The van der Waals surface area contributed by atoms with Crippen LogP contribution in [0.1, 0.15) is 29.6 Å². The first kappa shape index (κ1) is 17.1. The predicted molar refractivity (Wildman–Crippen MR) is 90.4 cm³/mol. The van der Waals surface area contributed by atoms with Crippen LogP contribution < -0.4 is 4.90 Å². The minimum absolute atomic E-state index is 0.283. The maximum atomic E-state index is 14.1. The lowest BCUT2D eigenvalue weighted by Gasteiger charge is -2.32. The Kier molecular flexibility index (Phi) is 5.07. The van der Waals surface area contributed by atoms with Crippen molar-refractivity contribution in [1.82, 2.24) is 4.90 Å². The Hall–Kier alpha value is -2.76. The lowest BCUT2D eigenvalue weighted by molar-refractivity contribution is 0.0975. The SMILES string of the molecule is O=C(c1c(F)cccc1F)N(C(=O)N1CCCCC1)c1ccccc1. The molecule has 1 aliphatic heterocycles. The van der Waals surface area contributed by atoms with Crippen molar-refractivity contribution in [2.24, 2.45) is 0 Å². The van der Waals surface area contributed by atoms with Crippen LogP contribution in [0.25, 0.3) is 0 Å². The second-order valence-corrected chi connectivity index (χ2v) is 5.90. The molecule has 0 aliphatic carbocycles. The van der Waals surface area contributed by atoms with E-state index < -0.39 is 29.1 Å². The van der Waals surface area contributed by atoms with Crippen molar-refractivity contribution in [3.8, 4) is 0 Å². The minimum atomic E-state index is -1.00. The van der Waals surface area contributed by atoms with Crippen molar-refractivity contribution >= 4 is 17.6 Å². The number of carbonyl (C=O) groups excluding carboxylic acids is 2. The molecule has 3 rings (SSSR count). The number of likely N-dealkylation sites (tertiary alicyclic amines) is 1. The molecule has 1 heterocycles. The van der Waals surface area contributed by atoms with Gasteiger partial charge in [-0.25, -0.2) is 18.5 Å². The number of imide groups is 1. The van der Waals surface area contributed by atoms with Crippen molar-refractivity contribution in [3.05, 3.63) is 65.7 Å². The fourth-order valence-corrected chi connectivity index (χ4v) is 2.93. The second-order valence-electron chi connectivity index (χ2n) is 5.90. The Morgan fingerprint density at radius 2 is 1.44 bits per heavy atom. The molecule has 0 N–H and O–H groups in total. The fourth-order valence-electron chi connectivity index (χ4n) is 2.93. The number of benzene rings is 2. The molecule has 0 unspecified atom stereocenters. The molecule has 6 heteroatoms. The quantitative estimate of drug-likeness (QED) is 0.818. The first-order valence-corrected chi connectivity index (χ1v) is 8.22. The van der Waals surface area contributed by atoms with E-state index in [4.69, 9.17) is 0 Å². The Morgan fingerprint density at radius 3 is 2.04 bits per heavy atom. The van der Waals surface area contributed by atoms with Crippen LogP contribution >= 0.6 is 0 Å². The average molecular weight is 344 g/mol. The molecule has 0 spiro atoms. The topological polar surface area (TPSA) is 40.6 Å². The van der Waals surface area contributed by atoms with Crippen LogP contribution in [-0.4, -0.2) is 29.9 Å². The number of nitrogens with zero attached hydrogens (tertiary/aromatic N) is 2. The van der Waals surface area contributed by atoms with Crippen LogP contribution in [0.15, 0.2) is 48.5 Å². The van der Waals surface area contributed by atoms with E-state index in [9.17, 15) is 18.4 Å². The van der Waals surface area contributed by atoms with Gasteiger partial charge in [0.15, 0.2) is 0 Å². The van der Waals surface area contributed by atoms with Crippen LogP contribution in [-0.2, 0) is 0 Å². The maximum absolute atomic E-state index is 14.1. The van der Waals surface area contributed by atoms with Crippen molar-refractivity contribution in [2.75, 3.05) is 18.0 Å². The monoisotopic (exact) mass is 344 g/mol. The van der Waals surface area contributed by atoms with Gasteiger partial charge in [-0.05, 0) is 43.5 Å². The van der Waals surface area contributed by atoms with Gasteiger partial charge in [0.2, 0.25) is 0 Å². The van der Waals surface area contributed by atoms with Crippen LogP contribution in [0.5, 0.6) is 0 Å². The predicted octanol–water partition coefficient (Wildman–Crippen LogP) is 4.22. The van der Waals surface area contributed by atoms with E-state index in [0.717, 1.165) is 36.3 Å². The van der Waals surface area contributed by atoms with Crippen molar-refractivity contribution < 1.29 is 18.4 Å². The highest BCUT2D eigenvalue weighted by molar-refractivity contribution is 6.20. The van der Waals surface area contributed by atoms with Crippen molar-refractivity contribution in [2.45, 2.75) is 19.3 Å². The Morgan fingerprint density at radius 1 is 0.840 bits per heavy atom. The highest BCUT2D eigenvalue weighted by Crippen LogP contribution is 2.23. The van der Waals surface area contributed by atoms with Gasteiger partial charge in [-0.2, -0.15) is 0 Å². The number of piperidine rings is 1. The zero-order valence-corrected chi connectivity index (χ0v) is 13.6. The van der Waals surface area contributed by atoms with E-state index in [2.05, 4.69) is 0 Å². The molecule has 2 aromatic rings. The molecule has 0 bridgehead atoms. The zero-order valence-electron chi connectivity index (χ0n) is 13.6. The van der Waals surface area contributed by atoms with Crippen LogP contribution in [0, 0.1) is 11.6 Å². The lowest BCUT2D eigenvalue weighted by Crippen LogP contribution is -2.48. The molecule has 0 radical (unpaired) electrons. The summed E-state index contributed by atoms with van der Waals surface area (Å²) in [4.78, 5) is 28.2. The minimum Gasteiger partial charge on any atom is -0.324 e. The molecule has 4 nitrogen and oxygen atoms in total. The van der Waals surface area contributed by atoms with E-state index in [1.54, 1.807) is 35.2 Å². The molecule has 2 aromatic carbocycles. The highest BCUT2D eigenvalue weighted by atomic mass is 19.1. The zero-order chi connectivity index (χ0) is 17.8. The number of amides is 3. The molecule has 0 aromatic heterocycles. The summed E-state index contributed by atoms with van der Waals surface area (Å²) in [6.45, 7) is 1.05. The van der Waals surface area contributed by atoms with Gasteiger partial charge in [-0.3, -0.25) is 4.79 Å². The number of anilines is 1. The summed E-state index contributed by atoms with van der Waals surface area (Å²) < 4.78 is 28.1. The Balaban J connectivity index is 2.02. The van der Waals surface area contributed by atoms with E-state index >= 15 is 0 Å². The lowest BCUT2D eigenvalue weighted by atomic mass is 10.1. The summed E-state index contributed by atoms with van der Waals surface area (Å²) in [5, 5.41) is 0. The molecular weight excluding hydrogens is 326 g/mol. The third kappa shape index (κ3) is 3.52. The van der Waals surface area contributed by atoms with Gasteiger partial charge in [0, 0.05) is 13.1 Å². The number of carbonyl (C=O) groups is 2. The van der Waals surface area contributed by atoms with Gasteiger partial charge < -0.3 is 4.90 Å². The average Bonchev–Trinajstić information content (AvgIpc) is 2.63. The molecule has 25 heavy (non-hydrogen) atoms. The van der Waals surface area contributed by atoms with Gasteiger partial charge in [0.1, 0.15) is 17.2 Å². The molecule has 130 valence electrons. The van der Waals surface area contributed by atoms with Gasteiger partial charge >= 0.3 is 6.03 Å². The first-order chi connectivity index (χ1) is 12.1. The number of para-hydroxylation sites is 1. The Bertz CT molecular complexity index is 754. The van der Waals surface area contributed by atoms with Crippen molar-refractivity contribution in [1.29, 1.82) is 0 Å². The number of rotatable bonds is 2. The van der Waals surface area contributed by atoms with E-state index in [1.165, 1.54) is 6.07 Å². The summed E-state index contributed by atoms with van der Waals surface area (Å²) in [5.74, 6) is -2.98. The van der Waals surface area contributed by atoms with Gasteiger partial charge in [0.05, 0.1) is 5.69 Å². The molecule has 0 atom stereocenters. The molecule has 1 aliphatic rings. The third-order valence-electron chi connectivity index (χ3n) is 4.21. The van der Waals surface area contributed by atoms with E-state index in [1.807, 2.05) is 0 Å². The third-order valence-corrected chi connectivity index (χ3v) is 4.21. The first-order valence-electron chi connectivity index (χ1n) is 8.22. The summed E-state index contributed by atoms with van der Waals surface area (Å²) in [5.41, 5.74) is -0.442. The highest BCUT2D eigenvalue weighted by Gasteiger charge is 2.32. The summed E-state index contributed by atoms with van der Waals surface area (Å²) >= 11 is 0. The summed E-state index contributed by atoms with van der Waals surface area (Å²) in [6, 6.07) is 10.8.